The second kappa shape index (κ2) is 6.76. The van der Waals surface area contributed by atoms with Crippen LogP contribution in [-0.2, 0) is 32.6 Å². The molecular weight excluding hydrogens is 304 g/mol. The summed E-state index contributed by atoms with van der Waals surface area (Å²) >= 11 is 0. The van der Waals surface area contributed by atoms with Crippen LogP contribution < -0.4 is 0 Å². The number of amides is 1. The van der Waals surface area contributed by atoms with Gasteiger partial charge in [-0.2, -0.15) is 4.31 Å². The molecule has 6 nitrogen and oxygen atoms in total. The molecule has 1 atom stereocenters. The third kappa shape index (κ3) is 4.28. The van der Waals surface area contributed by atoms with Gasteiger partial charge in [-0.25, -0.2) is 8.42 Å². The van der Waals surface area contributed by atoms with Gasteiger partial charge < -0.3 is 9.64 Å². The molecule has 0 saturated carbocycles. The maximum Gasteiger partial charge on any atom is 0.237 e. The Balaban J connectivity index is 1.90. The van der Waals surface area contributed by atoms with Crippen LogP contribution in [0.1, 0.15) is 11.1 Å². The van der Waals surface area contributed by atoms with Crippen LogP contribution in [0.4, 0.5) is 0 Å². The van der Waals surface area contributed by atoms with Crippen molar-refractivity contribution < 1.29 is 17.9 Å². The van der Waals surface area contributed by atoms with E-state index in [0.717, 1.165) is 17.0 Å². The number of hydrogen-bond donors (Lipinski definition) is 0. The second-order valence-electron chi connectivity index (χ2n) is 5.70. The van der Waals surface area contributed by atoms with Crippen molar-refractivity contribution in [1.29, 1.82) is 0 Å². The Morgan fingerprint density at radius 1 is 1.27 bits per heavy atom. The van der Waals surface area contributed by atoms with Crippen LogP contribution in [0.3, 0.4) is 0 Å². The zero-order valence-corrected chi connectivity index (χ0v) is 14.0. The van der Waals surface area contributed by atoms with Crippen molar-refractivity contribution in [1.82, 2.24) is 9.21 Å². The summed E-state index contributed by atoms with van der Waals surface area (Å²) < 4.78 is 29.5. The summed E-state index contributed by atoms with van der Waals surface area (Å²) in [6, 6.07) is 8.10. The molecule has 1 heterocycles. The molecule has 0 fully saturated rings. The third-order valence-electron chi connectivity index (χ3n) is 3.87. The summed E-state index contributed by atoms with van der Waals surface area (Å²) in [6.45, 7) is 0.843. The molecule has 122 valence electrons. The third-order valence-corrected chi connectivity index (χ3v) is 5.13. The lowest BCUT2D eigenvalue weighted by Gasteiger charge is -2.29. The first-order chi connectivity index (χ1) is 10.3. The maximum atomic E-state index is 12.1. The van der Waals surface area contributed by atoms with Crippen LogP contribution in [0.5, 0.6) is 0 Å². The molecule has 1 amide bonds. The Morgan fingerprint density at radius 2 is 1.91 bits per heavy atom. The van der Waals surface area contributed by atoms with Gasteiger partial charge in [-0.3, -0.25) is 4.79 Å². The predicted molar refractivity (Wildman–Crippen MR) is 83.8 cm³/mol. The molecule has 7 heteroatoms. The van der Waals surface area contributed by atoms with Gasteiger partial charge in [-0.1, -0.05) is 24.3 Å². The number of sulfonamides is 1. The van der Waals surface area contributed by atoms with Gasteiger partial charge in [-0.15, -0.1) is 0 Å². The number of nitrogens with zero attached hydrogens (tertiary/aromatic N) is 2. The van der Waals surface area contributed by atoms with Crippen molar-refractivity contribution in [3.63, 3.8) is 0 Å². The second-order valence-corrected chi connectivity index (χ2v) is 7.79. The van der Waals surface area contributed by atoms with Crippen molar-refractivity contribution in [2.75, 3.05) is 33.4 Å². The average molecular weight is 326 g/mol. The number of fused-ring (bicyclic) bond motifs is 1. The fourth-order valence-corrected chi connectivity index (χ4v) is 2.71. The van der Waals surface area contributed by atoms with E-state index in [1.807, 2.05) is 18.2 Å². The van der Waals surface area contributed by atoms with Crippen LogP contribution in [-0.4, -0.2) is 63.1 Å². The van der Waals surface area contributed by atoms with Gasteiger partial charge in [0.05, 0.1) is 25.5 Å². The number of benzene rings is 1. The molecule has 1 aromatic rings. The molecule has 0 aromatic heterocycles. The predicted octanol–water partition coefficient (Wildman–Crippen LogP) is 0.478. The highest BCUT2D eigenvalue weighted by molar-refractivity contribution is 7.88. The fraction of sp³-hybridized carbons (Fsp3) is 0.533. The first-order valence-electron chi connectivity index (χ1n) is 7.11. The number of hydrogen-bond acceptors (Lipinski definition) is 4. The monoisotopic (exact) mass is 326 g/mol. The summed E-state index contributed by atoms with van der Waals surface area (Å²) in [5, 5.41) is 0. The van der Waals surface area contributed by atoms with E-state index in [0.29, 0.717) is 13.2 Å². The van der Waals surface area contributed by atoms with E-state index >= 15 is 0 Å². The van der Waals surface area contributed by atoms with Crippen LogP contribution in [0.2, 0.25) is 0 Å². The van der Waals surface area contributed by atoms with Gasteiger partial charge in [-0.05, 0) is 11.1 Å². The number of carbonyl (C=O) groups is 1. The Morgan fingerprint density at radius 3 is 2.55 bits per heavy atom. The van der Waals surface area contributed by atoms with Gasteiger partial charge in [0.2, 0.25) is 15.9 Å². The molecule has 1 aromatic carbocycles. The molecule has 0 N–H and O–H groups in total. The molecule has 0 radical (unpaired) electrons. The fourth-order valence-electron chi connectivity index (χ4n) is 2.36. The zero-order chi connectivity index (χ0) is 16.3. The summed E-state index contributed by atoms with van der Waals surface area (Å²) in [5.41, 5.74) is 2.43. The molecule has 1 aliphatic rings. The molecule has 22 heavy (non-hydrogen) atoms. The van der Waals surface area contributed by atoms with Gasteiger partial charge in [0.15, 0.2) is 0 Å². The Kier molecular flexibility index (Phi) is 5.20. The van der Waals surface area contributed by atoms with Gasteiger partial charge >= 0.3 is 0 Å². The molecule has 0 saturated heterocycles. The molecular formula is C15H22N2O4S. The highest BCUT2D eigenvalue weighted by Crippen LogP contribution is 2.20. The normalized spacial score (nSPS) is 18.1. The molecule has 1 aliphatic heterocycles. The van der Waals surface area contributed by atoms with E-state index in [2.05, 4.69) is 6.07 Å². The van der Waals surface area contributed by atoms with E-state index in [1.54, 1.807) is 7.05 Å². The van der Waals surface area contributed by atoms with Gasteiger partial charge in [0, 0.05) is 27.1 Å². The maximum absolute atomic E-state index is 12.1. The number of likely N-dealkylation sites (N-methyl/N-ethyl adjacent to an activating group) is 2. The Hall–Kier alpha value is -1.44. The Labute approximate surface area is 131 Å². The van der Waals surface area contributed by atoms with Gasteiger partial charge in [0.1, 0.15) is 0 Å². The van der Waals surface area contributed by atoms with E-state index in [4.69, 9.17) is 4.74 Å². The van der Waals surface area contributed by atoms with Crippen molar-refractivity contribution in [2.24, 2.45) is 0 Å². The van der Waals surface area contributed by atoms with Crippen molar-refractivity contribution in [2.45, 2.75) is 19.1 Å². The first kappa shape index (κ1) is 16.9. The van der Waals surface area contributed by atoms with Crippen molar-refractivity contribution >= 4 is 15.9 Å². The lowest BCUT2D eigenvalue weighted by atomic mass is 9.99. The SMILES string of the molecule is CN(C[C@H]1Cc2ccccc2CO1)C(=O)CN(C)S(C)(=O)=O. The van der Waals surface area contributed by atoms with Gasteiger partial charge in [0.25, 0.3) is 0 Å². The highest BCUT2D eigenvalue weighted by atomic mass is 32.2. The van der Waals surface area contributed by atoms with Crippen LogP contribution in [0.15, 0.2) is 24.3 Å². The standard InChI is InChI=1S/C15H22N2O4S/c1-16(15(18)10-17(2)22(3,19)20)9-14-8-12-6-4-5-7-13(12)11-21-14/h4-7,14H,8-11H2,1-3H3/t14-/m1/s1. The number of rotatable bonds is 5. The lowest BCUT2D eigenvalue weighted by molar-refractivity contribution is -0.132. The highest BCUT2D eigenvalue weighted by Gasteiger charge is 2.23. The minimum Gasteiger partial charge on any atom is -0.371 e. The zero-order valence-electron chi connectivity index (χ0n) is 13.2. The minimum absolute atomic E-state index is 0.0626. The average Bonchev–Trinajstić information content (AvgIpc) is 2.46. The summed E-state index contributed by atoms with van der Waals surface area (Å²) in [7, 11) is -0.284. The van der Waals surface area contributed by atoms with E-state index < -0.39 is 10.0 Å². The van der Waals surface area contributed by atoms with E-state index in [1.165, 1.54) is 23.1 Å². The minimum atomic E-state index is -3.35. The van der Waals surface area contributed by atoms with Crippen molar-refractivity contribution in [3.05, 3.63) is 35.4 Å². The summed E-state index contributed by atoms with van der Waals surface area (Å²) in [5.74, 6) is -0.240. The molecule has 2 rings (SSSR count). The largest absolute Gasteiger partial charge is 0.371 e. The van der Waals surface area contributed by atoms with Crippen LogP contribution in [0.25, 0.3) is 0 Å². The number of ether oxygens (including phenoxy) is 1. The Bertz CT molecular complexity index is 645. The molecule has 0 spiro atoms. The summed E-state index contributed by atoms with van der Waals surface area (Å²) in [4.78, 5) is 13.6. The smallest absolute Gasteiger partial charge is 0.237 e. The van der Waals surface area contributed by atoms with Crippen molar-refractivity contribution in [3.8, 4) is 0 Å². The van der Waals surface area contributed by atoms with E-state index in [-0.39, 0.29) is 18.6 Å². The van der Waals surface area contributed by atoms with Crippen LogP contribution >= 0.6 is 0 Å². The topological polar surface area (TPSA) is 66.9 Å². The number of carbonyl (C=O) groups excluding carboxylic acids is 1. The first-order valence-corrected chi connectivity index (χ1v) is 8.96. The molecule has 0 bridgehead atoms. The molecule has 0 unspecified atom stereocenters. The quantitative estimate of drug-likeness (QED) is 0.789. The molecule has 0 aliphatic carbocycles. The summed E-state index contributed by atoms with van der Waals surface area (Å²) in [6.07, 6.45) is 1.78. The lowest BCUT2D eigenvalue weighted by Crippen LogP contribution is -2.43. The van der Waals surface area contributed by atoms with E-state index in [9.17, 15) is 13.2 Å². The van der Waals surface area contributed by atoms with Crippen LogP contribution in [0, 0.1) is 0 Å².